The number of carbonyl (C=O) groups excluding carboxylic acids is 1. The van der Waals surface area contributed by atoms with Gasteiger partial charge in [-0.1, -0.05) is 30.7 Å². The summed E-state index contributed by atoms with van der Waals surface area (Å²) in [7, 11) is 0. The van der Waals surface area contributed by atoms with Crippen LogP contribution in [0.4, 0.5) is 0 Å². The molecule has 1 aromatic carbocycles. The van der Waals surface area contributed by atoms with E-state index in [0.29, 0.717) is 12.5 Å². The molecule has 1 fully saturated rings. The molecular weight excluding hydrogens is 248 g/mol. The number of hydrogen-bond donors (Lipinski definition) is 2. The zero-order chi connectivity index (χ0) is 13.0. The van der Waals surface area contributed by atoms with Crippen molar-refractivity contribution < 1.29 is 4.79 Å². The van der Waals surface area contributed by atoms with Crippen molar-refractivity contribution in [2.24, 2.45) is 0 Å². The second-order valence-electron chi connectivity index (χ2n) is 4.72. The molecule has 2 atom stereocenters. The third-order valence-corrected chi connectivity index (χ3v) is 3.63. The number of halogens is 1. The molecule has 0 saturated carbocycles. The van der Waals surface area contributed by atoms with E-state index in [0.717, 1.165) is 24.4 Å². The zero-order valence-electron chi connectivity index (χ0n) is 10.6. The van der Waals surface area contributed by atoms with Gasteiger partial charge < -0.3 is 10.6 Å². The van der Waals surface area contributed by atoms with Crippen LogP contribution >= 0.6 is 11.6 Å². The van der Waals surface area contributed by atoms with Gasteiger partial charge in [-0.3, -0.25) is 4.79 Å². The van der Waals surface area contributed by atoms with Crippen LogP contribution in [0.25, 0.3) is 0 Å². The maximum atomic E-state index is 11.1. The molecule has 1 saturated heterocycles. The highest BCUT2D eigenvalue weighted by atomic mass is 35.5. The Morgan fingerprint density at radius 2 is 2.17 bits per heavy atom. The van der Waals surface area contributed by atoms with Gasteiger partial charge >= 0.3 is 0 Å². The number of amides is 1. The van der Waals surface area contributed by atoms with E-state index >= 15 is 0 Å². The van der Waals surface area contributed by atoms with Crippen molar-refractivity contribution in [1.82, 2.24) is 10.6 Å². The summed E-state index contributed by atoms with van der Waals surface area (Å²) >= 11 is 5.89. The van der Waals surface area contributed by atoms with Gasteiger partial charge in [-0.2, -0.15) is 0 Å². The van der Waals surface area contributed by atoms with Gasteiger partial charge in [-0.15, -0.1) is 0 Å². The lowest BCUT2D eigenvalue weighted by Gasteiger charge is -2.20. The van der Waals surface area contributed by atoms with Gasteiger partial charge in [0, 0.05) is 30.1 Å². The van der Waals surface area contributed by atoms with Crippen LogP contribution in [0, 0.1) is 0 Å². The largest absolute Gasteiger partial charge is 0.352 e. The number of carbonyl (C=O) groups is 1. The summed E-state index contributed by atoms with van der Waals surface area (Å²) in [4.78, 5) is 11.1. The molecular formula is C14H19ClN2O. The normalized spacial score (nSPS) is 20.8. The minimum Gasteiger partial charge on any atom is -0.352 e. The average molecular weight is 267 g/mol. The van der Waals surface area contributed by atoms with Crippen LogP contribution in [0.2, 0.25) is 5.02 Å². The summed E-state index contributed by atoms with van der Waals surface area (Å²) in [5.74, 6) is 0.168. The molecule has 0 aliphatic carbocycles. The molecule has 2 unspecified atom stereocenters. The molecule has 4 heteroatoms. The van der Waals surface area contributed by atoms with E-state index in [9.17, 15) is 4.79 Å². The summed E-state index contributed by atoms with van der Waals surface area (Å²) < 4.78 is 0. The smallest absolute Gasteiger partial charge is 0.220 e. The minimum absolute atomic E-state index is 0.168. The Balaban J connectivity index is 1.89. The lowest BCUT2D eigenvalue weighted by molar-refractivity contribution is -0.119. The van der Waals surface area contributed by atoms with Gasteiger partial charge in [-0.05, 0) is 30.5 Å². The van der Waals surface area contributed by atoms with Crippen molar-refractivity contribution in [3.63, 3.8) is 0 Å². The number of hydrogen-bond acceptors (Lipinski definition) is 2. The highest BCUT2D eigenvalue weighted by molar-refractivity contribution is 6.30. The standard InChI is InChI=1S/C14H19ClN2O/c1-2-13(10-3-5-11(15)6-4-10)16-9-12-7-8-14(18)17-12/h3-6,12-13,16H,2,7-9H2,1H3,(H,17,18). The van der Waals surface area contributed by atoms with Crippen LogP contribution < -0.4 is 10.6 Å². The van der Waals surface area contributed by atoms with Crippen molar-refractivity contribution in [3.05, 3.63) is 34.9 Å². The molecule has 3 nitrogen and oxygen atoms in total. The molecule has 1 aliphatic heterocycles. The van der Waals surface area contributed by atoms with Crippen molar-refractivity contribution in [2.75, 3.05) is 6.54 Å². The highest BCUT2D eigenvalue weighted by Gasteiger charge is 2.21. The van der Waals surface area contributed by atoms with Crippen molar-refractivity contribution in [3.8, 4) is 0 Å². The molecule has 0 spiro atoms. The number of nitrogens with one attached hydrogen (secondary N) is 2. The van der Waals surface area contributed by atoms with Crippen LogP contribution in [0.15, 0.2) is 24.3 Å². The lowest BCUT2D eigenvalue weighted by atomic mass is 10.0. The molecule has 1 aliphatic rings. The Bertz CT molecular complexity index is 405. The topological polar surface area (TPSA) is 41.1 Å². The Kier molecular flexibility index (Phi) is 4.61. The van der Waals surface area contributed by atoms with Gasteiger partial charge in [0.2, 0.25) is 5.91 Å². The van der Waals surface area contributed by atoms with E-state index in [1.54, 1.807) is 0 Å². The summed E-state index contributed by atoms with van der Waals surface area (Å²) in [5.41, 5.74) is 1.24. The zero-order valence-corrected chi connectivity index (χ0v) is 11.3. The van der Waals surface area contributed by atoms with E-state index in [1.165, 1.54) is 5.56 Å². The Labute approximate surface area is 113 Å². The molecule has 18 heavy (non-hydrogen) atoms. The lowest BCUT2D eigenvalue weighted by Crippen LogP contribution is -2.37. The van der Waals surface area contributed by atoms with E-state index < -0.39 is 0 Å². The summed E-state index contributed by atoms with van der Waals surface area (Å²) in [6, 6.07) is 8.53. The molecule has 1 amide bonds. The van der Waals surface area contributed by atoms with Gasteiger partial charge in [0.05, 0.1) is 0 Å². The number of benzene rings is 1. The summed E-state index contributed by atoms with van der Waals surface area (Å²) in [6.07, 6.45) is 2.61. The van der Waals surface area contributed by atoms with Crippen molar-refractivity contribution in [2.45, 2.75) is 38.3 Å². The fourth-order valence-corrected chi connectivity index (χ4v) is 2.43. The highest BCUT2D eigenvalue weighted by Crippen LogP contribution is 2.19. The fourth-order valence-electron chi connectivity index (χ4n) is 2.31. The predicted molar refractivity (Wildman–Crippen MR) is 73.7 cm³/mol. The first kappa shape index (κ1) is 13.4. The van der Waals surface area contributed by atoms with Crippen molar-refractivity contribution in [1.29, 1.82) is 0 Å². The van der Waals surface area contributed by atoms with Crippen molar-refractivity contribution >= 4 is 17.5 Å². The predicted octanol–water partition coefficient (Wildman–Crippen LogP) is 2.66. The molecule has 0 bridgehead atoms. The Morgan fingerprint density at radius 3 is 2.72 bits per heavy atom. The molecule has 1 aromatic rings. The minimum atomic E-state index is 0.168. The van der Waals surface area contributed by atoms with E-state index in [1.807, 2.05) is 12.1 Å². The third kappa shape index (κ3) is 3.47. The second-order valence-corrected chi connectivity index (χ2v) is 5.16. The molecule has 2 rings (SSSR count). The molecule has 0 radical (unpaired) electrons. The van der Waals surface area contributed by atoms with Gasteiger partial charge in [0.1, 0.15) is 0 Å². The van der Waals surface area contributed by atoms with Crippen LogP contribution in [0.3, 0.4) is 0 Å². The molecule has 98 valence electrons. The molecule has 1 heterocycles. The van der Waals surface area contributed by atoms with Gasteiger partial charge in [0.15, 0.2) is 0 Å². The summed E-state index contributed by atoms with van der Waals surface area (Å²) in [5, 5.41) is 7.24. The second kappa shape index (κ2) is 6.21. The van der Waals surface area contributed by atoms with E-state index in [-0.39, 0.29) is 11.9 Å². The van der Waals surface area contributed by atoms with Crippen LogP contribution in [0.1, 0.15) is 37.8 Å². The van der Waals surface area contributed by atoms with Crippen LogP contribution in [-0.4, -0.2) is 18.5 Å². The average Bonchev–Trinajstić information content (AvgIpc) is 2.78. The van der Waals surface area contributed by atoms with Gasteiger partial charge in [-0.25, -0.2) is 0 Å². The SMILES string of the molecule is CCC(NCC1CCC(=O)N1)c1ccc(Cl)cc1. The quantitative estimate of drug-likeness (QED) is 0.860. The monoisotopic (exact) mass is 266 g/mol. The first-order valence-corrected chi connectivity index (χ1v) is 6.85. The Hall–Kier alpha value is -1.06. The maximum Gasteiger partial charge on any atom is 0.220 e. The van der Waals surface area contributed by atoms with Crippen LogP contribution in [0.5, 0.6) is 0 Å². The molecule has 0 aromatic heterocycles. The molecule has 2 N–H and O–H groups in total. The third-order valence-electron chi connectivity index (χ3n) is 3.38. The Morgan fingerprint density at radius 1 is 1.44 bits per heavy atom. The van der Waals surface area contributed by atoms with E-state index in [4.69, 9.17) is 11.6 Å². The maximum absolute atomic E-state index is 11.1. The number of rotatable bonds is 5. The first-order chi connectivity index (χ1) is 8.69. The summed E-state index contributed by atoms with van der Waals surface area (Å²) in [6.45, 7) is 2.98. The van der Waals surface area contributed by atoms with E-state index in [2.05, 4.69) is 29.7 Å². The van der Waals surface area contributed by atoms with Gasteiger partial charge in [0.25, 0.3) is 0 Å². The fraction of sp³-hybridized carbons (Fsp3) is 0.500. The first-order valence-electron chi connectivity index (χ1n) is 6.47. The van der Waals surface area contributed by atoms with Crippen LogP contribution in [-0.2, 0) is 4.79 Å².